The van der Waals surface area contributed by atoms with Crippen LogP contribution >= 0.6 is 0 Å². The van der Waals surface area contributed by atoms with Gasteiger partial charge in [-0.15, -0.1) is 0 Å². The number of benzene rings is 2. The number of aliphatic hydroxyl groups is 2. The summed E-state index contributed by atoms with van der Waals surface area (Å²) in [6, 6.07) is 14.9. The van der Waals surface area contributed by atoms with Crippen LogP contribution < -0.4 is 27.4 Å². The first-order valence-electron chi connectivity index (χ1n) is 17.0. The fourth-order valence-electron chi connectivity index (χ4n) is 5.82. The van der Waals surface area contributed by atoms with Gasteiger partial charge in [-0.25, -0.2) is 0 Å². The van der Waals surface area contributed by atoms with Crippen LogP contribution in [-0.4, -0.2) is 94.8 Å². The van der Waals surface area contributed by atoms with Gasteiger partial charge in [-0.1, -0.05) is 74.5 Å². The first kappa shape index (κ1) is 38.6. The Morgan fingerprint density at radius 2 is 1.31 bits per heavy atom. The van der Waals surface area contributed by atoms with E-state index in [4.69, 9.17) is 11.5 Å². The van der Waals surface area contributed by atoms with Crippen molar-refractivity contribution in [3.8, 4) is 0 Å². The van der Waals surface area contributed by atoms with Crippen molar-refractivity contribution in [2.45, 2.75) is 95.0 Å². The molecule has 48 heavy (non-hydrogen) atoms. The maximum Gasteiger partial charge on any atom is 0.245 e. The third-order valence-electron chi connectivity index (χ3n) is 8.75. The Hall–Kier alpha value is -3.84. The second-order valence-electron chi connectivity index (χ2n) is 13.3. The number of likely N-dealkylation sites (tertiary alicyclic amines) is 1. The highest BCUT2D eigenvalue weighted by molar-refractivity contribution is 5.95. The van der Waals surface area contributed by atoms with E-state index in [0.29, 0.717) is 38.6 Å². The summed E-state index contributed by atoms with van der Waals surface area (Å²) < 4.78 is 0. The molecular formula is C36H54N6O6. The summed E-state index contributed by atoms with van der Waals surface area (Å²) in [6.07, 6.45) is 2.87. The lowest BCUT2D eigenvalue weighted by Crippen LogP contribution is -2.59. The molecule has 3 rings (SSSR count). The number of rotatable bonds is 18. The maximum atomic E-state index is 13.8. The number of piperidine rings is 1. The highest BCUT2D eigenvalue weighted by Gasteiger charge is 2.37. The number of nitrogens with zero attached hydrogens (tertiary/aromatic N) is 1. The number of unbranched alkanes of at least 4 members (excludes halogenated alkanes) is 1. The van der Waals surface area contributed by atoms with Gasteiger partial charge in [0.1, 0.15) is 18.1 Å². The molecule has 1 fully saturated rings. The number of hydrogen-bond acceptors (Lipinski definition) is 8. The van der Waals surface area contributed by atoms with Gasteiger partial charge < -0.3 is 42.5 Å². The lowest BCUT2D eigenvalue weighted by atomic mass is 9.92. The van der Waals surface area contributed by atoms with Crippen LogP contribution in [0, 0.1) is 5.92 Å². The van der Waals surface area contributed by atoms with Crippen LogP contribution in [0.25, 0.3) is 0 Å². The molecule has 4 amide bonds. The van der Waals surface area contributed by atoms with Crippen molar-refractivity contribution >= 4 is 23.6 Å². The Balaban J connectivity index is 1.76. The molecule has 264 valence electrons. The molecule has 1 aliphatic heterocycles. The van der Waals surface area contributed by atoms with Gasteiger partial charge in [0.25, 0.3) is 0 Å². The van der Waals surface area contributed by atoms with Crippen molar-refractivity contribution in [3.05, 3.63) is 71.8 Å². The van der Waals surface area contributed by atoms with Crippen molar-refractivity contribution in [1.82, 2.24) is 20.9 Å². The summed E-state index contributed by atoms with van der Waals surface area (Å²) >= 11 is 0. The Kier molecular flexibility index (Phi) is 15.5. The molecule has 1 heterocycles. The molecule has 0 saturated carbocycles. The van der Waals surface area contributed by atoms with Crippen LogP contribution in [-0.2, 0) is 32.0 Å². The molecule has 4 atom stereocenters. The molecular weight excluding hydrogens is 612 g/mol. The Labute approximate surface area is 284 Å². The highest BCUT2D eigenvalue weighted by Crippen LogP contribution is 2.22. The first-order chi connectivity index (χ1) is 22.9. The van der Waals surface area contributed by atoms with Crippen LogP contribution in [0.2, 0.25) is 0 Å². The fourth-order valence-corrected chi connectivity index (χ4v) is 5.82. The minimum Gasteiger partial charge on any atom is -0.393 e. The molecule has 0 radical (unpaired) electrons. The van der Waals surface area contributed by atoms with Gasteiger partial charge in [0, 0.05) is 19.5 Å². The Morgan fingerprint density at radius 1 is 0.792 bits per heavy atom. The zero-order valence-electron chi connectivity index (χ0n) is 28.3. The minimum atomic E-state index is -1.22. The summed E-state index contributed by atoms with van der Waals surface area (Å²) in [5.74, 6) is -1.79. The number of nitrogens with two attached hydrogens (primary N) is 2. The Bertz CT molecular complexity index is 1300. The molecule has 1 saturated heterocycles. The van der Waals surface area contributed by atoms with Gasteiger partial charge in [0.15, 0.2) is 0 Å². The molecule has 2 aromatic carbocycles. The average Bonchev–Trinajstić information content (AvgIpc) is 3.08. The number of carbonyl (C=O) groups excluding carboxylic acids is 4. The van der Waals surface area contributed by atoms with E-state index in [9.17, 15) is 29.4 Å². The van der Waals surface area contributed by atoms with E-state index in [2.05, 4.69) is 16.0 Å². The summed E-state index contributed by atoms with van der Waals surface area (Å²) in [7, 11) is 0. The number of carbonyl (C=O) groups is 4. The maximum absolute atomic E-state index is 13.8. The SMILES string of the molecule is CC(C)C[C@@H](NC(=O)[C@@H](Cc1ccccc1)NC(=O)[C@H](N)Cc1ccccc1)C(=O)N[C@H](CCCCN)C(=O)N1CCC(O)(CO)CC1. The number of amides is 4. The van der Waals surface area contributed by atoms with E-state index in [1.807, 2.05) is 74.5 Å². The molecule has 0 aromatic heterocycles. The number of nitrogens with one attached hydrogen (secondary N) is 3. The largest absolute Gasteiger partial charge is 0.393 e. The monoisotopic (exact) mass is 666 g/mol. The second kappa shape index (κ2) is 19.2. The molecule has 12 nitrogen and oxygen atoms in total. The summed E-state index contributed by atoms with van der Waals surface area (Å²) in [6.45, 7) is 4.41. The van der Waals surface area contributed by atoms with Crippen LogP contribution in [0.4, 0.5) is 0 Å². The standard InChI is InChI=1S/C36H54N6O6/c1-25(2)21-30(33(45)39-29(15-9-10-18-37)35(47)42-19-16-36(48,24-43)17-20-42)41-34(46)31(23-27-13-7-4-8-14-27)40-32(44)28(38)22-26-11-5-3-6-12-26/h3-8,11-14,25,28-31,43,48H,9-10,15-24,37-38H2,1-2H3,(H,39,45)(H,40,44)(H,41,46)/t28-,29-,30-,31-/m1/s1. The summed E-state index contributed by atoms with van der Waals surface area (Å²) in [4.78, 5) is 56.1. The van der Waals surface area contributed by atoms with E-state index >= 15 is 0 Å². The molecule has 0 aliphatic carbocycles. The van der Waals surface area contributed by atoms with Gasteiger partial charge in [-0.2, -0.15) is 0 Å². The van der Waals surface area contributed by atoms with Gasteiger partial charge in [-0.3, -0.25) is 19.2 Å². The third kappa shape index (κ3) is 12.3. The molecule has 0 unspecified atom stereocenters. The van der Waals surface area contributed by atoms with E-state index < -0.39 is 47.5 Å². The molecule has 0 bridgehead atoms. The van der Waals surface area contributed by atoms with Gasteiger partial charge in [0.2, 0.25) is 23.6 Å². The van der Waals surface area contributed by atoms with Crippen molar-refractivity contribution in [2.24, 2.45) is 17.4 Å². The van der Waals surface area contributed by atoms with Crippen LogP contribution in [0.1, 0.15) is 63.5 Å². The van der Waals surface area contributed by atoms with Crippen LogP contribution in [0.5, 0.6) is 0 Å². The molecule has 0 spiro atoms. The van der Waals surface area contributed by atoms with Crippen molar-refractivity contribution < 1.29 is 29.4 Å². The number of aliphatic hydroxyl groups excluding tert-OH is 1. The average molecular weight is 667 g/mol. The first-order valence-corrected chi connectivity index (χ1v) is 17.0. The van der Waals surface area contributed by atoms with Gasteiger partial charge in [0.05, 0.1) is 18.2 Å². The topological polar surface area (TPSA) is 200 Å². The smallest absolute Gasteiger partial charge is 0.245 e. The molecule has 12 heteroatoms. The predicted octanol–water partition coefficient (Wildman–Crippen LogP) is 0.774. The summed E-state index contributed by atoms with van der Waals surface area (Å²) in [5.41, 5.74) is 12.4. The van der Waals surface area contributed by atoms with Crippen molar-refractivity contribution in [2.75, 3.05) is 26.2 Å². The van der Waals surface area contributed by atoms with Crippen LogP contribution in [0.15, 0.2) is 60.7 Å². The zero-order chi connectivity index (χ0) is 35.1. The minimum absolute atomic E-state index is 0.0205. The predicted molar refractivity (Wildman–Crippen MR) is 184 cm³/mol. The summed E-state index contributed by atoms with van der Waals surface area (Å²) in [5, 5.41) is 28.5. The van der Waals surface area contributed by atoms with Gasteiger partial charge in [-0.05, 0) is 68.5 Å². The van der Waals surface area contributed by atoms with Gasteiger partial charge >= 0.3 is 0 Å². The fraction of sp³-hybridized carbons (Fsp3) is 0.556. The van der Waals surface area contributed by atoms with Crippen LogP contribution in [0.3, 0.4) is 0 Å². The Morgan fingerprint density at radius 3 is 1.85 bits per heavy atom. The zero-order valence-corrected chi connectivity index (χ0v) is 28.3. The normalized spacial score (nSPS) is 16.8. The quantitative estimate of drug-likeness (QED) is 0.113. The van der Waals surface area contributed by atoms with E-state index in [1.165, 1.54) is 0 Å². The molecule has 1 aliphatic rings. The van der Waals surface area contributed by atoms with E-state index in [-0.39, 0.29) is 50.8 Å². The molecule has 2 aromatic rings. The van der Waals surface area contributed by atoms with E-state index in [1.54, 1.807) is 4.90 Å². The third-order valence-corrected chi connectivity index (χ3v) is 8.75. The highest BCUT2D eigenvalue weighted by atomic mass is 16.3. The lowest BCUT2D eigenvalue weighted by Gasteiger charge is -2.38. The lowest BCUT2D eigenvalue weighted by molar-refractivity contribution is -0.142. The van der Waals surface area contributed by atoms with E-state index in [0.717, 1.165) is 11.1 Å². The van der Waals surface area contributed by atoms with Crippen molar-refractivity contribution in [1.29, 1.82) is 0 Å². The number of hydrogen-bond donors (Lipinski definition) is 7. The molecule has 9 N–H and O–H groups in total. The second-order valence-corrected chi connectivity index (χ2v) is 13.3. The van der Waals surface area contributed by atoms with Crippen molar-refractivity contribution in [3.63, 3.8) is 0 Å².